The van der Waals surface area contributed by atoms with Gasteiger partial charge in [0.25, 0.3) is 0 Å². The zero-order chi connectivity index (χ0) is 13.1. The molecule has 5 nitrogen and oxygen atoms in total. The molecule has 3 rings (SSSR count). The van der Waals surface area contributed by atoms with E-state index in [0.717, 1.165) is 57.2 Å². The first kappa shape index (κ1) is 14.1. The average Bonchev–Trinajstić information content (AvgIpc) is 2.89. The van der Waals surface area contributed by atoms with E-state index in [2.05, 4.69) is 5.43 Å². The normalized spacial score (nSPS) is 41.5. The van der Waals surface area contributed by atoms with Crippen molar-refractivity contribution < 1.29 is 14.2 Å². The lowest BCUT2D eigenvalue weighted by molar-refractivity contribution is -0.111. The summed E-state index contributed by atoms with van der Waals surface area (Å²) in [6.07, 6.45) is 3.33. The number of hydrogen-bond acceptors (Lipinski definition) is 6. The smallest absolute Gasteiger partial charge is 0.0939 e. The summed E-state index contributed by atoms with van der Waals surface area (Å²) in [5, 5.41) is 0. The van der Waals surface area contributed by atoms with Crippen molar-refractivity contribution in [1.29, 1.82) is 0 Å². The fourth-order valence-corrected chi connectivity index (χ4v) is 4.41. The minimum Gasteiger partial charge on any atom is -0.378 e. The second-order valence-corrected chi connectivity index (χ2v) is 6.91. The number of hydrazine groups is 1. The standard InChI is InChI=1S/C13H24N2O3S/c14-15-12(11-8-19-6-5-17-11)10-1-3-18-13(7-10)2-4-16-9-13/h10-12,15H,1-9,14H2. The lowest BCUT2D eigenvalue weighted by Crippen LogP contribution is -2.55. The van der Waals surface area contributed by atoms with Gasteiger partial charge >= 0.3 is 0 Å². The van der Waals surface area contributed by atoms with Gasteiger partial charge in [0.2, 0.25) is 0 Å². The van der Waals surface area contributed by atoms with Gasteiger partial charge in [0.15, 0.2) is 0 Å². The monoisotopic (exact) mass is 288 g/mol. The van der Waals surface area contributed by atoms with Crippen LogP contribution in [0.4, 0.5) is 0 Å². The molecule has 3 aliphatic heterocycles. The Hall–Kier alpha value is 0.150. The second-order valence-electron chi connectivity index (χ2n) is 5.76. The third-order valence-corrected chi connectivity index (χ3v) is 5.56. The van der Waals surface area contributed by atoms with Crippen molar-refractivity contribution in [1.82, 2.24) is 5.43 Å². The number of nitrogens with one attached hydrogen (secondary N) is 1. The number of ether oxygens (including phenoxy) is 3. The highest BCUT2D eigenvalue weighted by Gasteiger charge is 2.44. The van der Waals surface area contributed by atoms with Gasteiger partial charge in [-0.2, -0.15) is 11.8 Å². The Labute approximate surface area is 118 Å². The van der Waals surface area contributed by atoms with Gasteiger partial charge in [0.1, 0.15) is 0 Å². The van der Waals surface area contributed by atoms with Crippen LogP contribution in [0.25, 0.3) is 0 Å². The topological polar surface area (TPSA) is 65.7 Å². The average molecular weight is 288 g/mol. The molecule has 1 spiro atoms. The first-order valence-electron chi connectivity index (χ1n) is 7.20. The maximum atomic E-state index is 6.00. The quantitative estimate of drug-likeness (QED) is 0.583. The molecule has 0 bridgehead atoms. The summed E-state index contributed by atoms with van der Waals surface area (Å²) in [6, 6.07) is 0.231. The minimum atomic E-state index is -0.0557. The van der Waals surface area contributed by atoms with E-state index in [0.29, 0.717) is 5.92 Å². The van der Waals surface area contributed by atoms with E-state index in [4.69, 9.17) is 20.1 Å². The summed E-state index contributed by atoms with van der Waals surface area (Å²) < 4.78 is 17.4. The summed E-state index contributed by atoms with van der Waals surface area (Å²) in [7, 11) is 0. The molecule has 6 heteroatoms. The van der Waals surface area contributed by atoms with E-state index in [9.17, 15) is 0 Å². The fourth-order valence-electron chi connectivity index (χ4n) is 3.50. The molecule has 0 radical (unpaired) electrons. The number of rotatable bonds is 3. The maximum Gasteiger partial charge on any atom is 0.0939 e. The van der Waals surface area contributed by atoms with Crippen molar-refractivity contribution in [2.24, 2.45) is 11.8 Å². The minimum absolute atomic E-state index is 0.0557. The molecule has 19 heavy (non-hydrogen) atoms. The Morgan fingerprint density at radius 1 is 1.32 bits per heavy atom. The predicted octanol–water partition coefficient (Wildman–Crippen LogP) is 0.536. The summed E-state index contributed by atoms with van der Waals surface area (Å²) in [5.41, 5.74) is 2.96. The van der Waals surface area contributed by atoms with Crippen molar-refractivity contribution in [2.45, 2.75) is 37.0 Å². The van der Waals surface area contributed by atoms with Crippen molar-refractivity contribution >= 4 is 11.8 Å². The summed E-state index contributed by atoms with van der Waals surface area (Å²) >= 11 is 1.96. The summed E-state index contributed by atoms with van der Waals surface area (Å²) in [5.74, 6) is 8.46. The van der Waals surface area contributed by atoms with Crippen molar-refractivity contribution in [3.8, 4) is 0 Å². The van der Waals surface area contributed by atoms with Crippen LogP contribution in [0, 0.1) is 5.92 Å². The highest BCUT2D eigenvalue weighted by molar-refractivity contribution is 7.99. The molecule has 0 aromatic heterocycles. The van der Waals surface area contributed by atoms with Gasteiger partial charge in [-0.25, -0.2) is 0 Å². The second kappa shape index (κ2) is 6.28. The van der Waals surface area contributed by atoms with Gasteiger partial charge < -0.3 is 14.2 Å². The van der Waals surface area contributed by atoms with Crippen molar-refractivity contribution in [2.75, 3.05) is 37.9 Å². The van der Waals surface area contributed by atoms with Gasteiger partial charge in [-0.05, 0) is 18.8 Å². The largest absolute Gasteiger partial charge is 0.378 e. The maximum absolute atomic E-state index is 6.00. The van der Waals surface area contributed by atoms with Crippen molar-refractivity contribution in [3.05, 3.63) is 0 Å². The Bertz CT molecular complexity index is 294. The van der Waals surface area contributed by atoms with E-state index < -0.39 is 0 Å². The van der Waals surface area contributed by atoms with Crippen LogP contribution in [0.3, 0.4) is 0 Å². The lowest BCUT2D eigenvalue weighted by Gasteiger charge is -2.42. The zero-order valence-electron chi connectivity index (χ0n) is 11.3. The van der Waals surface area contributed by atoms with Gasteiger partial charge in [-0.15, -0.1) is 0 Å². The van der Waals surface area contributed by atoms with Crippen LogP contribution in [-0.4, -0.2) is 55.7 Å². The van der Waals surface area contributed by atoms with Gasteiger partial charge in [0.05, 0.1) is 31.0 Å². The summed E-state index contributed by atoms with van der Waals surface area (Å²) in [4.78, 5) is 0. The predicted molar refractivity (Wildman–Crippen MR) is 75.0 cm³/mol. The van der Waals surface area contributed by atoms with Crippen LogP contribution >= 0.6 is 11.8 Å². The molecule has 3 fully saturated rings. The number of hydrogen-bond donors (Lipinski definition) is 2. The molecule has 3 N–H and O–H groups in total. The lowest BCUT2D eigenvalue weighted by atomic mass is 9.80. The van der Waals surface area contributed by atoms with Crippen LogP contribution < -0.4 is 11.3 Å². The SMILES string of the molecule is NNC(C1CCOC2(CCOC2)C1)C1CSCCO1. The van der Waals surface area contributed by atoms with Crippen LogP contribution in [0.2, 0.25) is 0 Å². The van der Waals surface area contributed by atoms with Gasteiger partial charge in [-0.1, -0.05) is 0 Å². The Kier molecular flexibility index (Phi) is 4.66. The first-order valence-corrected chi connectivity index (χ1v) is 8.36. The molecular formula is C13H24N2O3S. The van der Waals surface area contributed by atoms with Crippen LogP contribution in [-0.2, 0) is 14.2 Å². The molecule has 0 saturated carbocycles. The van der Waals surface area contributed by atoms with E-state index in [1.807, 2.05) is 11.8 Å². The molecule has 0 aromatic carbocycles. The first-order chi connectivity index (χ1) is 9.33. The van der Waals surface area contributed by atoms with Crippen LogP contribution in [0.1, 0.15) is 19.3 Å². The molecule has 3 heterocycles. The summed E-state index contributed by atoms with van der Waals surface area (Å²) in [6.45, 7) is 3.21. The molecule has 0 aromatic rings. The number of nitrogens with two attached hydrogens (primary N) is 1. The third-order valence-electron chi connectivity index (χ3n) is 4.54. The van der Waals surface area contributed by atoms with Crippen LogP contribution in [0.15, 0.2) is 0 Å². The van der Waals surface area contributed by atoms with E-state index in [1.54, 1.807) is 0 Å². The van der Waals surface area contributed by atoms with Gasteiger partial charge in [-0.3, -0.25) is 11.3 Å². The molecule has 3 saturated heterocycles. The van der Waals surface area contributed by atoms with E-state index in [-0.39, 0.29) is 17.7 Å². The Balaban J connectivity index is 1.64. The highest BCUT2D eigenvalue weighted by Crippen LogP contribution is 2.38. The number of thioether (sulfide) groups is 1. The Morgan fingerprint density at radius 3 is 2.95 bits per heavy atom. The van der Waals surface area contributed by atoms with E-state index in [1.165, 1.54) is 0 Å². The molecular weight excluding hydrogens is 264 g/mol. The Morgan fingerprint density at radius 2 is 2.26 bits per heavy atom. The highest BCUT2D eigenvalue weighted by atomic mass is 32.2. The van der Waals surface area contributed by atoms with Crippen LogP contribution in [0.5, 0.6) is 0 Å². The molecule has 3 aliphatic rings. The van der Waals surface area contributed by atoms with Gasteiger partial charge in [0, 0.05) is 31.1 Å². The molecule has 4 unspecified atom stereocenters. The molecule has 4 atom stereocenters. The van der Waals surface area contributed by atoms with Crippen molar-refractivity contribution in [3.63, 3.8) is 0 Å². The zero-order valence-corrected chi connectivity index (χ0v) is 12.1. The van der Waals surface area contributed by atoms with E-state index >= 15 is 0 Å². The third kappa shape index (κ3) is 3.09. The fraction of sp³-hybridized carbons (Fsp3) is 1.00. The molecule has 0 aliphatic carbocycles. The molecule has 110 valence electrons. The molecule has 0 amide bonds.